The Labute approximate surface area is 227 Å². The minimum atomic E-state index is -4.86. The Morgan fingerprint density at radius 3 is 2.33 bits per heavy atom. The number of benzene rings is 2. The highest BCUT2D eigenvalue weighted by atomic mass is 32.2. The van der Waals surface area contributed by atoms with E-state index in [0.29, 0.717) is 12.0 Å². The minimum Gasteiger partial charge on any atom is -0.481 e. The van der Waals surface area contributed by atoms with Crippen LogP contribution in [0, 0.1) is 5.92 Å². The van der Waals surface area contributed by atoms with Gasteiger partial charge in [-0.25, -0.2) is 8.42 Å². The molecule has 2 aromatic rings. The number of nitrogens with one attached hydrogen (secondary N) is 1. The first-order chi connectivity index (χ1) is 18.1. The number of likely N-dealkylation sites (N-methyl/N-ethyl adjacent to an activating group) is 1. The van der Waals surface area contributed by atoms with Crippen LogP contribution in [-0.4, -0.2) is 60.7 Å². The number of alkyl halides is 3. The summed E-state index contributed by atoms with van der Waals surface area (Å²) in [7, 11) is -3.14. The van der Waals surface area contributed by atoms with Crippen LogP contribution in [0.25, 0.3) is 6.08 Å². The van der Waals surface area contributed by atoms with Gasteiger partial charge in [0.05, 0.1) is 23.0 Å². The second-order valence-electron chi connectivity index (χ2n) is 10.7. The number of fused-ring (bicyclic) bond motifs is 1. The Hall–Kier alpha value is -2.73. The minimum absolute atomic E-state index is 0.105. The van der Waals surface area contributed by atoms with E-state index in [9.17, 15) is 31.5 Å². The lowest BCUT2D eigenvalue weighted by Gasteiger charge is -2.31. The Morgan fingerprint density at radius 2 is 1.77 bits per heavy atom. The molecule has 1 aliphatic carbocycles. The first kappa shape index (κ1) is 30.8. The van der Waals surface area contributed by atoms with Crippen LogP contribution in [0.5, 0.6) is 0 Å². The maximum absolute atomic E-state index is 13.6. The van der Waals surface area contributed by atoms with Crippen molar-refractivity contribution in [2.45, 2.75) is 62.2 Å². The summed E-state index contributed by atoms with van der Waals surface area (Å²) in [5.74, 6) is -0.754. The fraction of sp³-hybridized carbons (Fsp3) is 0.464. The lowest BCUT2D eigenvalue weighted by Crippen LogP contribution is -2.47. The number of aliphatic hydroxyl groups is 1. The molecule has 0 saturated carbocycles. The molecule has 0 unspecified atom stereocenters. The number of sulfonamides is 1. The molecule has 3 N–H and O–H groups in total. The van der Waals surface area contributed by atoms with Crippen molar-refractivity contribution in [2.24, 2.45) is 5.92 Å². The summed E-state index contributed by atoms with van der Waals surface area (Å²) in [4.78, 5) is 10.1. The van der Waals surface area contributed by atoms with Gasteiger partial charge in [0.15, 0.2) is 0 Å². The maximum atomic E-state index is 13.6. The van der Waals surface area contributed by atoms with Crippen molar-refractivity contribution in [2.75, 3.05) is 20.1 Å². The lowest BCUT2D eigenvalue weighted by molar-refractivity contribution is -0.138. The molecule has 0 heterocycles. The highest BCUT2D eigenvalue weighted by Gasteiger charge is 2.35. The van der Waals surface area contributed by atoms with E-state index in [-0.39, 0.29) is 24.2 Å². The van der Waals surface area contributed by atoms with Gasteiger partial charge in [-0.3, -0.25) is 4.79 Å². The van der Waals surface area contributed by atoms with Crippen molar-refractivity contribution in [3.05, 3.63) is 70.8 Å². The van der Waals surface area contributed by atoms with E-state index in [1.54, 1.807) is 0 Å². The predicted molar refractivity (Wildman–Crippen MR) is 143 cm³/mol. The van der Waals surface area contributed by atoms with Crippen LogP contribution in [0.15, 0.2) is 53.4 Å². The van der Waals surface area contributed by atoms with E-state index in [1.165, 1.54) is 18.2 Å². The lowest BCUT2D eigenvalue weighted by atomic mass is 9.88. The summed E-state index contributed by atoms with van der Waals surface area (Å²) in [6, 6.07) is 10.9. The number of aliphatic hydroxyl groups excluding tert-OH is 1. The van der Waals surface area contributed by atoms with Gasteiger partial charge in [-0.05, 0) is 67.9 Å². The van der Waals surface area contributed by atoms with E-state index >= 15 is 0 Å². The summed E-state index contributed by atoms with van der Waals surface area (Å²) in [5, 5.41) is 22.6. The van der Waals surface area contributed by atoms with Crippen molar-refractivity contribution in [1.29, 1.82) is 0 Å². The number of rotatable bonds is 12. The number of hydrogen-bond donors (Lipinski definition) is 3. The highest BCUT2D eigenvalue weighted by molar-refractivity contribution is 7.89. The zero-order valence-corrected chi connectivity index (χ0v) is 23.0. The molecule has 0 aliphatic heterocycles. The summed E-state index contributed by atoms with van der Waals surface area (Å²) < 4.78 is 67.8. The van der Waals surface area contributed by atoms with Gasteiger partial charge in [0.1, 0.15) is 0 Å². The molecule has 0 aromatic heterocycles. The number of β-amino-alcohol motifs (C(OH)–C–C–N with tert-alkyl or cyclic N) is 1. The first-order valence-corrected chi connectivity index (χ1v) is 14.1. The van der Waals surface area contributed by atoms with Crippen molar-refractivity contribution in [3.8, 4) is 0 Å². The van der Waals surface area contributed by atoms with E-state index in [0.717, 1.165) is 47.9 Å². The van der Waals surface area contributed by atoms with Crippen LogP contribution in [0.1, 0.15) is 48.9 Å². The normalized spacial score (nSPS) is 15.7. The van der Waals surface area contributed by atoms with Gasteiger partial charge in [0.25, 0.3) is 0 Å². The summed E-state index contributed by atoms with van der Waals surface area (Å²) >= 11 is 0. The molecule has 0 fully saturated rings. The average molecular weight is 569 g/mol. The van der Waals surface area contributed by atoms with Crippen molar-refractivity contribution >= 4 is 22.1 Å². The molecule has 0 saturated heterocycles. The first-order valence-electron chi connectivity index (χ1n) is 12.6. The third-order valence-corrected chi connectivity index (χ3v) is 8.67. The van der Waals surface area contributed by atoms with Gasteiger partial charge < -0.3 is 15.5 Å². The Bertz CT molecular complexity index is 1280. The summed E-state index contributed by atoms with van der Waals surface area (Å²) in [6.07, 6.45) is -1.54. The topological polar surface area (TPSA) is 107 Å². The molecule has 1 aliphatic rings. The van der Waals surface area contributed by atoms with E-state index in [1.807, 2.05) is 26.0 Å². The van der Waals surface area contributed by atoms with Crippen LogP contribution in [0.3, 0.4) is 0 Å². The maximum Gasteiger partial charge on any atom is 0.417 e. The number of hydrogen-bond acceptors (Lipinski definition) is 5. The molecule has 0 spiro atoms. The van der Waals surface area contributed by atoms with Crippen LogP contribution in [-0.2, 0) is 33.8 Å². The van der Waals surface area contributed by atoms with Crippen LogP contribution in [0.2, 0.25) is 0 Å². The number of carboxylic acid groups (broad SMARTS) is 1. The van der Waals surface area contributed by atoms with Gasteiger partial charge in [0.2, 0.25) is 10.0 Å². The molecular weight excluding hydrogens is 533 g/mol. The van der Waals surface area contributed by atoms with Gasteiger partial charge in [0, 0.05) is 25.7 Å². The Kier molecular flexibility index (Phi) is 9.64. The van der Waals surface area contributed by atoms with Gasteiger partial charge in [-0.15, -0.1) is 0 Å². The fourth-order valence-electron chi connectivity index (χ4n) is 5.00. The zero-order chi connectivity index (χ0) is 29.0. The molecule has 0 amide bonds. The second-order valence-corrected chi connectivity index (χ2v) is 12.7. The molecule has 1 atom stereocenters. The summed E-state index contributed by atoms with van der Waals surface area (Å²) in [6.45, 7) is 3.83. The molecule has 0 bridgehead atoms. The molecular formula is C28H35F3N2O5S. The number of aliphatic carboxylic acids is 1. The van der Waals surface area contributed by atoms with Gasteiger partial charge in [-0.1, -0.05) is 42.5 Å². The van der Waals surface area contributed by atoms with Crippen LogP contribution in [0.4, 0.5) is 13.2 Å². The Morgan fingerprint density at radius 1 is 1.15 bits per heavy atom. The monoisotopic (exact) mass is 568 g/mol. The van der Waals surface area contributed by atoms with Crippen molar-refractivity contribution in [1.82, 2.24) is 9.62 Å². The molecule has 7 nitrogen and oxygen atoms in total. The van der Waals surface area contributed by atoms with Crippen molar-refractivity contribution in [3.63, 3.8) is 0 Å². The SMILES string of the molecule is CN(C[C@H](O)CNC(C)(C)CC1Cc2ccccc2C1)S(=O)(=O)c1ccc(C=CCC(=O)O)c(C(F)(F)F)c1. The molecule has 3 rings (SSSR count). The Balaban J connectivity index is 1.62. The summed E-state index contributed by atoms with van der Waals surface area (Å²) in [5.41, 5.74) is 0.835. The molecule has 2 aromatic carbocycles. The van der Waals surface area contributed by atoms with Crippen LogP contribution >= 0.6 is 0 Å². The number of nitrogens with zero attached hydrogens (tertiary/aromatic N) is 1. The van der Waals surface area contributed by atoms with Crippen molar-refractivity contribution < 1.29 is 36.6 Å². The third kappa shape index (κ3) is 8.38. The zero-order valence-electron chi connectivity index (χ0n) is 22.2. The quantitative estimate of drug-likeness (QED) is 0.352. The predicted octanol–water partition coefficient (Wildman–Crippen LogP) is 4.35. The van der Waals surface area contributed by atoms with E-state index in [2.05, 4.69) is 17.4 Å². The highest BCUT2D eigenvalue weighted by Crippen LogP contribution is 2.35. The van der Waals surface area contributed by atoms with Gasteiger partial charge in [-0.2, -0.15) is 17.5 Å². The largest absolute Gasteiger partial charge is 0.481 e. The average Bonchev–Trinajstić information content (AvgIpc) is 3.23. The molecule has 0 radical (unpaired) electrons. The standard InChI is InChI=1S/C28H35F3N2O5S/c1-27(2,16-19-13-21-7-4-5-8-22(21)14-19)32-17-23(34)18-33(3)39(37,38)24-12-11-20(9-6-10-26(35)36)25(15-24)28(29,30)31/h4-9,11-12,15,19,23,32,34H,10,13-14,16-18H2,1-3H3,(H,35,36)/t23-/m1/s1. The second kappa shape index (κ2) is 12.2. The molecule has 39 heavy (non-hydrogen) atoms. The number of carboxylic acids is 1. The van der Waals surface area contributed by atoms with E-state index < -0.39 is 45.2 Å². The van der Waals surface area contributed by atoms with Crippen LogP contribution < -0.4 is 5.32 Å². The molecule has 214 valence electrons. The van der Waals surface area contributed by atoms with E-state index in [4.69, 9.17) is 5.11 Å². The third-order valence-electron chi connectivity index (χ3n) is 6.85. The number of carbonyl (C=O) groups is 1. The fourth-order valence-corrected chi connectivity index (χ4v) is 6.23. The van der Waals surface area contributed by atoms with Gasteiger partial charge >= 0.3 is 12.1 Å². The number of halogens is 3. The smallest absolute Gasteiger partial charge is 0.417 e. The molecule has 11 heteroatoms.